The number of benzene rings is 3. The van der Waals surface area contributed by atoms with E-state index >= 15 is 0 Å². The van der Waals surface area contributed by atoms with E-state index in [1.54, 1.807) is 12.1 Å². The third-order valence-electron chi connectivity index (χ3n) is 5.63. The molecule has 0 fully saturated rings. The van der Waals surface area contributed by atoms with Crippen molar-refractivity contribution < 1.29 is 13.2 Å². The van der Waals surface area contributed by atoms with E-state index in [4.69, 9.17) is 0 Å². The number of rotatable bonds is 6. The monoisotopic (exact) mass is 485 g/mol. The van der Waals surface area contributed by atoms with Crippen molar-refractivity contribution in [1.82, 2.24) is 19.6 Å². The van der Waals surface area contributed by atoms with E-state index in [0.29, 0.717) is 13.0 Å². The van der Waals surface area contributed by atoms with Crippen LogP contribution in [-0.2, 0) is 16.4 Å². The van der Waals surface area contributed by atoms with Gasteiger partial charge in [-0.05, 0) is 80.3 Å². The summed E-state index contributed by atoms with van der Waals surface area (Å²) < 4.78 is 28.7. The fourth-order valence-corrected chi connectivity index (χ4v) is 4.48. The van der Waals surface area contributed by atoms with Crippen LogP contribution in [-0.4, -0.2) is 60.1 Å². The summed E-state index contributed by atoms with van der Waals surface area (Å²) in [6.45, 7) is 6.34. The van der Waals surface area contributed by atoms with E-state index in [0.717, 1.165) is 27.8 Å². The summed E-state index contributed by atoms with van der Waals surface area (Å²) in [5.41, 5.74) is 7.41. The fourth-order valence-electron chi connectivity index (χ4n) is 3.55. The second-order valence-corrected chi connectivity index (χ2v) is 9.81. The molecule has 0 aliphatic heterocycles. The molecule has 34 heavy (non-hydrogen) atoms. The minimum absolute atomic E-state index is 0. The third-order valence-corrected chi connectivity index (χ3v) is 6.98. The summed E-state index contributed by atoms with van der Waals surface area (Å²) in [4.78, 5) is 16.6. The van der Waals surface area contributed by atoms with Gasteiger partial charge in [0.05, 0.1) is 15.9 Å². The van der Waals surface area contributed by atoms with E-state index in [1.165, 1.54) is 23.3 Å². The molecule has 4 aromatic rings. The molecule has 1 heterocycles. The van der Waals surface area contributed by atoms with Gasteiger partial charge in [-0.2, -0.15) is 0 Å². The Morgan fingerprint density at radius 1 is 0.941 bits per heavy atom. The van der Waals surface area contributed by atoms with Crippen LogP contribution in [0.4, 0.5) is 4.79 Å². The number of aromatic nitrogens is 2. The minimum atomic E-state index is -3.90. The normalized spacial score (nSPS) is 11.1. The molecule has 0 bridgehead atoms. The molecule has 0 saturated carbocycles. The van der Waals surface area contributed by atoms with Crippen molar-refractivity contribution in [2.24, 2.45) is 0 Å². The summed E-state index contributed by atoms with van der Waals surface area (Å²) in [5.74, 6) is 0. The molecule has 0 aliphatic rings. The van der Waals surface area contributed by atoms with Gasteiger partial charge in [-0.1, -0.05) is 29.8 Å². The van der Waals surface area contributed by atoms with Crippen LogP contribution in [0, 0.1) is 20.8 Å². The molecular weight excluding hydrogens is 459 g/mol. The smallest absolute Gasteiger partial charge is 0.328 e. The van der Waals surface area contributed by atoms with Crippen LogP contribution in [0.2, 0.25) is 0 Å². The Morgan fingerprint density at radius 2 is 1.59 bits per heavy atom. The Labute approximate surface area is 221 Å². The second-order valence-electron chi connectivity index (χ2n) is 8.13. The van der Waals surface area contributed by atoms with E-state index in [-0.39, 0.29) is 34.5 Å². The first-order chi connectivity index (χ1) is 15.7. The fraction of sp³-hybridized carbons (Fsp3) is 0.200. The van der Waals surface area contributed by atoms with Crippen molar-refractivity contribution >= 4 is 56.6 Å². The number of hydrogen-bond donors (Lipinski definition) is 2. The summed E-state index contributed by atoms with van der Waals surface area (Å²) in [6, 6.07) is 17.8. The SMILES string of the molecule is Cc1ccc(S(=O)(=O)NC(=O)NCCc2ccc(-n3cnc4cc(C)c(C)cc43)cc2)cc1.[Na]. The van der Waals surface area contributed by atoms with Gasteiger partial charge < -0.3 is 5.32 Å². The first kappa shape index (κ1) is 26.0. The van der Waals surface area contributed by atoms with E-state index < -0.39 is 16.1 Å². The molecule has 0 atom stereocenters. The second kappa shape index (κ2) is 10.7. The van der Waals surface area contributed by atoms with Crippen LogP contribution < -0.4 is 10.0 Å². The molecule has 4 rings (SSSR count). The molecule has 1 aromatic heterocycles. The van der Waals surface area contributed by atoms with Crippen LogP contribution in [0.1, 0.15) is 22.3 Å². The number of aryl methyl sites for hydroxylation is 3. The minimum Gasteiger partial charge on any atom is -0.337 e. The number of nitrogens with zero attached hydrogens (tertiary/aromatic N) is 2. The number of imidazole rings is 1. The van der Waals surface area contributed by atoms with Crippen molar-refractivity contribution in [3.63, 3.8) is 0 Å². The van der Waals surface area contributed by atoms with Gasteiger partial charge in [0.25, 0.3) is 10.0 Å². The number of urea groups is 1. The molecule has 3 aromatic carbocycles. The molecule has 7 nitrogen and oxygen atoms in total. The number of carbonyl (C=O) groups excluding carboxylic acids is 1. The number of carbonyl (C=O) groups is 1. The topological polar surface area (TPSA) is 93.1 Å². The Kier molecular flexibility index (Phi) is 8.20. The maximum atomic E-state index is 12.3. The average molecular weight is 486 g/mol. The van der Waals surface area contributed by atoms with Gasteiger partial charge in [0, 0.05) is 41.8 Å². The number of hydrogen-bond acceptors (Lipinski definition) is 4. The number of sulfonamides is 1. The molecular formula is C25H26N4NaO3S. The van der Waals surface area contributed by atoms with Gasteiger partial charge in [-0.15, -0.1) is 0 Å². The molecule has 0 spiro atoms. The van der Waals surface area contributed by atoms with E-state index in [2.05, 4.69) is 36.3 Å². The zero-order chi connectivity index (χ0) is 23.6. The zero-order valence-corrected chi connectivity index (χ0v) is 22.6. The number of nitrogens with one attached hydrogen (secondary N) is 2. The summed E-state index contributed by atoms with van der Waals surface area (Å²) in [6.07, 6.45) is 2.39. The van der Waals surface area contributed by atoms with Crippen LogP contribution in [0.15, 0.2) is 71.9 Å². The van der Waals surface area contributed by atoms with Crippen LogP contribution >= 0.6 is 0 Å². The van der Waals surface area contributed by atoms with Crippen molar-refractivity contribution in [2.75, 3.05) is 6.54 Å². The van der Waals surface area contributed by atoms with E-state index in [1.807, 2.05) is 46.8 Å². The molecule has 1 radical (unpaired) electrons. The predicted molar refractivity (Wildman–Crippen MR) is 135 cm³/mol. The van der Waals surface area contributed by atoms with Gasteiger partial charge in [-0.25, -0.2) is 22.9 Å². The summed E-state index contributed by atoms with van der Waals surface area (Å²) in [5, 5.41) is 2.60. The van der Waals surface area contributed by atoms with Gasteiger partial charge in [0.15, 0.2) is 0 Å². The summed E-state index contributed by atoms with van der Waals surface area (Å²) in [7, 11) is -3.90. The standard InChI is InChI=1S/C25H26N4O3S.Na/c1-17-4-10-22(11-5-17)33(31,32)28-25(30)26-13-12-20-6-8-21(9-7-20)29-16-27-23-14-18(2)19(3)15-24(23)29;/h4-11,14-16H,12-13H2,1-3H3,(H2,26,28,30);. The Balaban J connectivity index is 0.00000324. The van der Waals surface area contributed by atoms with E-state index in [9.17, 15) is 13.2 Å². The van der Waals surface area contributed by atoms with Crippen LogP contribution in [0.25, 0.3) is 16.7 Å². The predicted octanol–water partition coefficient (Wildman–Crippen LogP) is 3.80. The van der Waals surface area contributed by atoms with Crippen molar-refractivity contribution in [2.45, 2.75) is 32.1 Å². The molecule has 171 valence electrons. The van der Waals surface area contributed by atoms with Gasteiger partial charge in [0.1, 0.15) is 6.33 Å². The molecule has 0 aliphatic carbocycles. The quantitative estimate of drug-likeness (QED) is 0.406. The molecule has 0 unspecified atom stereocenters. The van der Waals surface area contributed by atoms with Crippen molar-refractivity contribution in [3.05, 3.63) is 89.2 Å². The third kappa shape index (κ3) is 5.88. The molecule has 2 amide bonds. The summed E-state index contributed by atoms with van der Waals surface area (Å²) >= 11 is 0. The first-order valence-electron chi connectivity index (χ1n) is 10.6. The Morgan fingerprint density at radius 3 is 2.26 bits per heavy atom. The Bertz CT molecular complexity index is 1410. The van der Waals surface area contributed by atoms with Crippen LogP contribution in [0.3, 0.4) is 0 Å². The maximum Gasteiger partial charge on any atom is 0.328 e. The largest absolute Gasteiger partial charge is 0.337 e. The Hall–Kier alpha value is -2.65. The number of fused-ring (bicyclic) bond motifs is 1. The van der Waals surface area contributed by atoms with Gasteiger partial charge >= 0.3 is 6.03 Å². The maximum absolute atomic E-state index is 12.3. The molecule has 0 saturated heterocycles. The van der Waals surface area contributed by atoms with Gasteiger partial charge in [-0.3, -0.25) is 4.57 Å². The zero-order valence-electron chi connectivity index (χ0n) is 19.8. The van der Waals surface area contributed by atoms with Gasteiger partial charge in [0.2, 0.25) is 0 Å². The first-order valence-corrected chi connectivity index (χ1v) is 12.1. The van der Waals surface area contributed by atoms with Crippen molar-refractivity contribution in [1.29, 1.82) is 0 Å². The number of amides is 2. The van der Waals surface area contributed by atoms with Crippen LogP contribution in [0.5, 0.6) is 0 Å². The van der Waals surface area contributed by atoms with Crippen molar-refractivity contribution in [3.8, 4) is 5.69 Å². The molecule has 9 heteroatoms. The average Bonchev–Trinajstić information content (AvgIpc) is 3.17. The molecule has 2 N–H and O–H groups in total.